The SMILES string of the molecule is NC(=O)[C@H](Cc1ccccc1)NC(=O)[C@@H](Cc1ccccc1)NO[C@@H]1CCCN1C(=O)[C@@H](N)Cc1ccc(O)cc1. The van der Waals surface area contributed by atoms with E-state index in [0.29, 0.717) is 19.4 Å². The van der Waals surface area contributed by atoms with Crippen LogP contribution in [0.3, 0.4) is 0 Å². The number of aromatic hydroxyl groups is 1. The summed E-state index contributed by atoms with van der Waals surface area (Å²) in [5, 5.41) is 12.3. The molecular formula is C31H37N5O5. The average Bonchev–Trinajstić information content (AvgIpc) is 3.45. The van der Waals surface area contributed by atoms with Gasteiger partial charge in [-0.05, 0) is 54.5 Å². The largest absolute Gasteiger partial charge is 0.508 e. The lowest BCUT2D eigenvalue weighted by Gasteiger charge is -2.29. The third kappa shape index (κ3) is 8.62. The van der Waals surface area contributed by atoms with Gasteiger partial charge in [0, 0.05) is 13.0 Å². The third-order valence-electron chi connectivity index (χ3n) is 7.08. The van der Waals surface area contributed by atoms with Gasteiger partial charge in [-0.15, -0.1) is 0 Å². The van der Waals surface area contributed by atoms with Crippen molar-refractivity contribution in [3.05, 3.63) is 102 Å². The quantitative estimate of drug-likeness (QED) is 0.199. The van der Waals surface area contributed by atoms with Crippen molar-refractivity contribution in [1.82, 2.24) is 15.7 Å². The van der Waals surface area contributed by atoms with E-state index >= 15 is 0 Å². The number of nitrogens with zero attached hydrogens (tertiary/aromatic N) is 1. The van der Waals surface area contributed by atoms with Gasteiger partial charge in [-0.1, -0.05) is 72.8 Å². The van der Waals surface area contributed by atoms with E-state index in [-0.39, 0.29) is 24.5 Å². The van der Waals surface area contributed by atoms with Crippen molar-refractivity contribution in [3.8, 4) is 5.75 Å². The Labute approximate surface area is 239 Å². The van der Waals surface area contributed by atoms with Crippen molar-refractivity contribution in [2.24, 2.45) is 11.5 Å². The number of likely N-dealkylation sites (tertiary alicyclic amines) is 1. The average molecular weight is 560 g/mol. The van der Waals surface area contributed by atoms with Gasteiger partial charge < -0.3 is 26.8 Å². The van der Waals surface area contributed by atoms with Crippen LogP contribution in [0.4, 0.5) is 0 Å². The highest BCUT2D eigenvalue weighted by Crippen LogP contribution is 2.20. The Morgan fingerprint density at radius 1 is 0.854 bits per heavy atom. The first-order valence-electron chi connectivity index (χ1n) is 13.7. The number of hydroxylamine groups is 1. The van der Waals surface area contributed by atoms with E-state index in [2.05, 4.69) is 10.8 Å². The fourth-order valence-electron chi connectivity index (χ4n) is 4.84. The van der Waals surface area contributed by atoms with Crippen molar-refractivity contribution >= 4 is 17.7 Å². The third-order valence-corrected chi connectivity index (χ3v) is 7.08. The molecule has 41 heavy (non-hydrogen) atoms. The second kappa shape index (κ2) is 14.4. The summed E-state index contributed by atoms with van der Waals surface area (Å²) in [5.41, 5.74) is 17.3. The van der Waals surface area contributed by atoms with Crippen molar-refractivity contribution in [2.45, 2.75) is 56.5 Å². The van der Waals surface area contributed by atoms with Gasteiger partial charge in [0.1, 0.15) is 17.8 Å². The highest BCUT2D eigenvalue weighted by atomic mass is 16.7. The lowest BCUT2D eigenvalue weighted by Crippen LogP contribution is -2.55. The molecule has 0 bridgehead atoms. The first-order chi connectivity index (χ1) is 19.8. The molecular weight excluding hydrogens is 522 g/mol. The second-order valence-corrected chi connectivity index (χ2v) is 10.2. The highest BCUT2D eigenvalue weighted by Gasteiger charge is 2.34. The Kier molecular flexibility index (Phi) is 10.4. The summed E-state index contributed by atoms with van der Waals surface area (Å²) in [4.78, 5) is 46.4. The molecule has 0 spiro atoms. The zero-order chi connectivity index (χ0) is 29.2. The molecule has 1 fully saturated rings. The number of phenolic OH excluding ortho intramolecular Hbond substituents is 1. The number of rotatable bonds is 13. The Morgan fingerprint density at radius 2 is 1.41 bits per heavy atom. The minimum Gasteiger partial charge on any atom is -0.508 e. The zero-order valence-electron chi connectivity index (χ0n) is 22.8. The van der Waals surface area contributed by atoms with Crippen LogP contribution >= 0.6 is 0 Å². The predicted molar refractivity (Wildman–Crippen MR) is 154 cm³/mol. The molecule has 0 radical (unpaired) electrons. The molecule has 10 heteroatoms. The smallest absolute Gasteiger partial charge is 0.241 e. The fraction of sp³-hybridized carbons (Fsp3) is 0.323. The van der Waals surface area contributed by atoms with E-state index in [1.165, 1.54) is 0 Å². The first-order valence-corrected chi connectivity index (χ1v) is 13.7. The molecule has 3 aromatic rings. The van der Waals surface area contributed by atoms with Gasteiger partial charge in [0.05, 0.1) is 6.04 Å². The topological polar surface area (TPSA) is 160 Å². The summed E-state index contributed by atoms with van der Waals surface area (Å²) in [5.74, 6) is -1.21. The maximum atomic E-state index is 13.4. The molecule has 216 valence electrons. The monoisotopic (exact) mass is 559 g/mol. The minimum atomic E-state index is -0.910. The van der Waals surface area contributed by atoms with Gasteiger partial charge in [0.15, 0.2) is 6.23 Å². The number of benzene rings is 3. The van der Waals surface area contributed by atoms with Crippen LogP contribution in [-0.2, 0) is 38.5 Å². The van der Waals surface area contributed by atoms with Crippen molar-refractivity contribution < 1.29 is 24.3 Å². The van der Waals surface area contributed by atoms with E-state index in [4.69, 9.17) is 16.3 Å². The summed E-state index contributed by atoms with van der Waals surface area (Å²) in [7, 11) is 0. The van der Waals surface area contributed by atoms with Crippen molar-refractivity contribution in [1.29, 1.82) is 0 Å². The van der Waals surface area contributed by atoms with E-state index in [1.807, 2.05) is 60.7 Å². The lowest BCUT2D eigenvalue weighted by atomic mass is 10.0. The number of carbonyl (C=O) groups is 3. The summed E-state index contributed by atoms with van der Waals surface area (Å²) in [6.45, 7) is 0.477. The number of hydrogen-bond acceptors (Lipinski definition) is 7. The van der Waals surface area contributed by atoms with Crippen LogP contribution in [0.1, 0.15) is 29.5 Å². The second-order valence-electron chi connectivity index (χ2n) is 10.2. The van der Waals surface area contributed by atoms with Crippen LogP contribution in [0.5, 0.6) is 5.75 Å². The van der Waals surface area contributed by atoms with Gasteiger partial charge in [0.25, 0.3) is 0 Å². The number of amides is 3. The Hall–Kier alpha value is -4.25. The molecule has 1 aliphatic rings. The number of nitrogens with one attached hydrogen (secondary N) is 2. The normalized spacial score (nSPS) is 17.0. The van der Waals surface area contributed by atoms with E-state index in [0.717, 1.165) is 23.1 Å². The van der Waals surface area contributed by atoms with E-state index in [9.17, 15) is 19.5 Å². The molecule has 1 saturated heterocycles. The van der Waals surface area contributed by atoms with Crippen LogP contribution < -0.4 is 22.3 Å². The van der Waals surface area contributed by atoms with Gasteiger partial charge in [0.2, 0.25) is 17.7 Å². The Balaban J connectivity index is 1.41. The van der Waals surface area contributed by atoms with Crippen molar-refractivity contribution in [2.75, 3.05) is 6.54 Å². The first kappa shape index (κ1) is 29.7. The summed E-state index contributed by atoms with van der Waals surface area (Å²) >= 11 is 0. The van der Waals surface area contributed by atoms with Gasteiger partial charge in [-0.2, -0.15) is 5.48 Å². The Morgan fingerprint density at radius 3 is 2.00 bits per heavy atom. The zero-order valence-corrected chi connectivity index (χ0v) is 22.8. The van der Waals surface area contributed by atoms with Crippen molar-refractivity contribution in [3.63, 3.8) is 0 Å². The van der Waals surface area contributed by atoms with E-state index in [1.54, 1.807) is 29.2 Å². The number of phenols is 1. The van der Waals surface area contributed by atoms with Gasteiger partial charge >= 0.3 is 0 Å². The Bertz CT molecular complexity index is 1290. The molecule has 1 heterocycles. The number of carbonyl (C=O) groups excluding carboxylic acids is 3. The molecule has 0 aromatic heterocycles. The lowest BCUT2D eigenvalue weighted by molar-refractivity contribution is -0.155. The van der Waals surface area contributed by atoms with Crippen LogP contribution in [0.15, 0.2) is 84.9 Å². The standard InChI is InChI=1S/C31H37N5O5/c32-25(18-23-13-15-24(37)16-14-23)31(40)36-17-7-12-28(36)41-35-27(20-22-10-5-2-6-11-22)30(39)34-26(29(33)38)19-21-8-3-1-4-9-21/h1-6,8-11,13-16,25-28,35,37H,7,12,17-20,32H2,(H2,33,38)(H,34,39)/t25-,26-,27+,28+/m0/s1. The molecule has 7 N–H and O–H groups in total. The minimum absolute atomic E-state index is 0.143. The van der Waals surface area contributed by atoms with Gasteiger partial charge in [-0.25, -0.2) is 0 Å². The van der Waals surface area contributed by atoms with Crippen LogP contribution in [-0.4, -0.2) is 58.6 Å². The van der Waals surface area contributed by atoms with Crippen LogP contribution in [0.25, 0.3) is 0 Å². The van der Waals surface area contributed by atoms with Gasteiger partial charge in [-0.3, -0.25) is 19.2 Å². The molecule has 10 nitrogen and oxygen atoms in total. The maximum absolute atomic E-state index is 13.4. The summed E-state index contributed by atoms with van der Waals surface area (Å²) in [6, 6.07) is 22.7. The van der Waals surface area contributed by atoms with Crippen LogP contribution in [0.2, 0.25) is 0 Å². The number of primary amides is 1. The molecule has 1 aliphatic heterocycles. The molecule has 0 unspecified atom stereocenters. The molecule has 3 aromatic carbocycles. The predicted octanol–water partition coefficient (Wildman–Crippen LogP) is 1.56. The van der Waals surface area contributed by atoms with E-state index < -0.39 is 36.2 Å². The molecule has 3 amide bonds. The molecule has 0 saturated carbocycles. The number of nitrogens with two attached hydrogens (primary N) is 2. The molecule has 0 aliphatic carbocycles. The summed E-state index contributed by atoms with van der Waals surface area (Å²) < 4.78 is 0. The molecule has 4 rings (SSSR count). The van der Waals surface area contributed by atoms with Crippen LogP contribution in [0, 0.1) is 0 Å². The fourth-order valence-corrected chi connectivity index (χ4v) is 4.84. The number of hydrogen-bond donors (Lipinski definition) is 5. The summed E-state index contributed by atoms with van der Waals surface area (Å²) in [6.07, 6.45) is 1.53. The molecule has 4 atom stereocenters. The maximum Gasteiger partial charge on any atom is 0.241 e. The highest BCUT2D eigenvalue weighted by molar-refractivity contribution is 5.89.